The van der Waals surface area contributed by atoms with Crippen LogP contribution in [0, 0.1) is 0 Å². The van der Waals surface area contributed by atoms with Gasteiger partial charge in [-0.3, -0.25) is 0 Å². The summed E-state index contributed by atoms with van der Waals surface area (Å²) in [6.07, 6.45) is 1.42. The van der Waals surface area contributed by atoms with E-state index in [1.165, 1.54) is 10.7 Å². The Hall–Kier alpha value is -2.40. The summed E-state index contributed by atoms with van der Waals surface area (Å²) in [5, 5.41) is 4.46. The van der Waals surface area contributed by atoms with Crippen LogP contribution < -0.4 is 0 Å². The van der Waals surface area contributed by atoms with Crippen LogP contribution in [0.5, 0.6) is 0 Å². The van der Waals surface area contributed by atoms with Crippen LogP contribution in [0.25, 0.3) is 16.9 Å². The fraction of sp³-hybridized carbons (Fsp3) is 0.133. The summed E-state index contributed by atoms with van der Waals surface area (Å²) < 4.78 is 6.42. The zero-order valence-corrected chi connectivity index (χ0v) is 12.0. The van der Waals surface area contributed by atoms with E-state index in [-0.39, 0.29) is 0 Å². The third-order valence-corrected chi connectivity index (χ3v) is 3.26. The number of hydrogen-bond acceptors (Lipinski definition) is 4. The van der Waals surface area contributed by atoms with Crippen LogP contribution in [-0.2, 0) is 4.74 Å². The zero-order chi connectivity index (χ0) is 14.8. The second kappa shape index (κ2) is 5.54. The number of fused-ring (bicyclic) bond motifs is 1. The van der Waals surface area contributed by atoms with Gasteiger partial charge in [0.25, 0.3) is 0 Å². The Morgan fingerprint density at radius 3 is 2.81 bits per heavy atom. The summed E-state index contributed by atoms with van der Waals surface area (Å²) in [4.78, 5) is 16.4. The van der Waals surface area contributed by atoms with Gasteiger partial charge < -0.3 is 4.74 Å². The minimum atomic E-state index is -0.457. The Balaban J connectivity index is 2.17. The first kappa shape index (κ1) is 13.6. The molecule has 3 aromatic rings. The minimum absolute atomic E-state index is 0.294. The van der Waals surface area contributed by atoms with E-state index in [1.807, 2.05) is 30.3 Å². The van der Waals surface area contributed by atoms with Gasteiger partial charge in [0.15, 0.2) is 5.65 Å². The highest BCUT2D eigenvalue weighted by Crippen LogP contribution is 2.23. The summed E-state index contributed by atoms with van der Waals surface area (Å²) in [7, 11) is 0. The number of ether oxygens (including phenoxy) is 1. The molecule has 0 N–H and O–H groups in total. The predicted octanol–water partition coefficient (Wildman–Crippen LogP) is 3.23. The Morgan fingerprint density at radius 2 is 2.10 bits per heavy atom. The van der Waals surface area contributed by atoms with Crippen LogP contribution >= 0.6 is 11.6 Å². The van der Waals surface area contributed by atoms with E-state index in [1.54, 1.807) is 13.0 Å². The molecule has 2 aromatic heterocycles. The number of carbonyl (C=O) groups is 1. The van der Waals surface area contributed by atoms with E-state index < -0.39 is 5.97 Å². The van der Waals surface area contributed by atoms with Gasteiger partial charge in [0.05, 0.1) is 18.5 Å². The number of rotatable bonds is 3. The zero-order valence-electron chi connectivity index (χ0n) is 11.3. The standard InChI is InChI=1S/C15H12ClN3O2/c1-2-21-15(20)11-9-17-19-13(16)8-12(18-14(11)19)10-6-4-3-5-7-10/h3-9H,2H2,1H3. The highest BCUT2D eigenvalue weighted by Gasteiger charge is 2.17. The molecule has 0 saturated carbocycles. The molecule has 0 atom stereocenters. The summed E-state index contributed by atoms with van der Waals surface area (Å²) in [6, 6.07) is 11.3. The molecule has 0 unspecified atom stereocenters. The van der Waals surface area contributed by atoms with E-state index in [4.69, 9.17) is 16.3 Å². The largest absolute Gasteiger partial charge is 0.462 e. The molecular weight excluding hydrogens is 290 g/mol. The number of benzene rings is 1. The lowest BCUT2D eigenvalue weighted by Gasteiger charge is -2.05. The van der Waals surface area contributed by atoms with Gasteiger partial charge in [-0.25, -0.2) is 14.3 Å². The molecule has 0 fully saturated rings. The van der Waals surface area contributed by atoms with E-state index in [2.05, 4.69) is 10.1 Å². The Bertz CT molecular complexity index is 799. The highest BCUT2D eigenvalue weighted by molar-refractivity contribution is 6.30. The van der Waals surface area contributed by atoms with E-state index in [0.29, 0.717) is 28.7 Å². The lowest BCUT2D eigenvalue weighted by Crippen LogP contribution is -2.05. The smallest absolute Gasteiger partial charge is 0.343 e. The number of hydrogen-bond donors (Lipinski definition) is 0. The predicted molar refractivity (Wildman–Crippen MR) is 79.4 cm³/mol. The molecule has 0 bridgehead atoms. The van der Waals surface area contributed by atoms with Crippen molar-refractivity contribution in [2.45, 2.75) is 6.92 Å². The van der Waals surface area contributed by atoms with Crippen LogP contribution in [0.15, 0.2) is 42.6 Å². The third kappa shape index (κ3) is 2.48. The van der Waals surface area contributed by atoms with Gasteiger partial charge in [0, 0.05) is 11.6 Å². The molecular formula is C15H12ClN3O2. The number of esters is 1. The van der Waals surface area contributed by atoms with Crippen LogP contribution in [0.1, 0.15) is 17.3 Å². The topological polar surface area (TPSA) is 56.5 Å². The molecule has 0 aliphatic heterocycles. The Morgan fingerprint density at radius 1 is 1.33 bits per heavy atom. The van der Waals surface area contributed by atoms with Crippen molar-refractivity contribution < 1.29 is 9.53 Å². The van der Waals surface area contributed by atoms with Crippen molar-refractivity contribution in [1.82, 2.24) is 14.6 Å². The summed E-state index contributed by atoms with van der Waals surface area (Å²) >= 11 is 6.22. The molecule has 2 heterocycles. The van der Waals surface area contributed by atoms with Crippen LogP contribution in [0.3, 0.4) is 0 Å². The molecule has 106 valence electrons. The molecule has 0 amide bonds. The maximum Gasteiger partial charge on any atom is 0.343 e. The van der Waals surface area contributed by atoms with Crippen molar-refractivity contribution in [3.8, 4) is 11.3 Å². The molecule has 0 spiro atoms. The number of halogens is 1. The summed E-state index contributed by atoms with van der Waals surface area (Å²) in [5.74, 6) is -0.457. The van der Waals surface area contributed by atoms with E-state index in [9.17, 15) is 4.79 Å². The molecule has 21 heavy (non-hydrogen) atoms. The second-order valence-corrected chi connectivity index (χ2v) is 4.73. The van der Waals surface area contributed by atoms with Crippen LogP contribution in [-0.4, -0.2) is 27.2 Å². The first-order chi connectivity index (χ1) is 10.2. The van der Waals surface area contributed by atoms with Gasteiger partial charge in [-0.15, -0.1) is 0 Å². The lowest BCUT2D eigenvalue weighted by molar-refractivity contribution is 0.0528. The molecule has 0 aliphatic rings. The summed E-state index contributed by atoms with van der Waals surface area (Å²) in [6.45, 7) is 2.04. The first-order valence-electron chi connectivity index (χ1n) is 6.47. The van der Waals surface area contributed by atoms with Crippen molar-refractivity contribution in [2.75, 3.05) is 6.61 Å². The van der Waals surface area contributed by atoms with Gasteiger partial charge in [0.1, 0.15) is 10.7 Å². The molecule has 3 rings (SSSR count). The van der Waals surface area contributed by atoms with Crippen molar-refractivity contribution in [2.24, 2.45) is 0 Å². The Kier molecular flexibility index (Phi) is 3.58. The van der Waals surface area contributed by atoms with Gasteiger partial charge in [-0.05, 0) is 6.92 Å². The molecule has 0 saturated heterocycles. The minimum Gasteiger partial charge on any atom is -0.462 e. The molecule has 0 aliphatic carbocycles. The van der Waals surface area contributed by atoms with Gasteiger partial charge >= 0.3 is 5.97 Å². The number of aromatic nitrogens is 3. The molecule has 5 nitrogen and oxygen atoms in total. The maximum absolute atomic E-state index is 11.9. The van der Waals surface area contributed by atoms with Gasteiger partial charge in [-0.1, -0.05) is 41.9 Å². The third-order valence-electron chi connectivity index (χ3n) is 2.99. The SMILES string of the molecule is CCOC(=O)c1cnn2c(Cl)cc(-c3ccccc3)nc12. The maximum atomic E-state index is 11.9. The van der Waals surface area contributed by atoms with Crippen molar-refractivity contribution in [3.63, 3.8) is 0 Å². The monoisotopic (exact) mass is 301 g/mol. The van der Waals surface area contributed by atoms with Crippen molar-refractivity contribution >= 4 is 23.2 Å². The van der Waals surface area contributed by atoms with Crippen LogP contribution in [0.2, 0.25) is 5.15 Å². The molecule has 1 aromatic carbocycles. The summed E-state index contributed by atoms with van der Waals surface area (Å²) in [5.41, 5.74) is 2.29. The first-order valence-corrected chi connectivity index (χ1v) is 6.85. The highest BCUT2D eigenvalue weighted by atomic mass is 35.5. The fourth-order valence-electron chi connectivity index (χ4n) is 2.04. The number of nitrogens with zero attached hydrogens (tertiary/aromatic N) is 3. The number of carbonyl (C=O) groups excluding carboxylic acids is 1. The molecule has 6 heteroatoms. The van der Waals surface area contributed by atoms with E-state index in [0.717, 1.165) is 5.56 Å². The Labute approximate surface area is 126 Å². The molecule has 0 radical (unpaired) electrons. The van der Waals surface area contributed by atoms with Gasteiger partial charge in [-0.2, -0.15) is 5.10 Å². The normalized spacial score (nSPS) is 10.8. The van der Waals surface area contributed by atoms with Crippen LogP contribution in [0.4, 0.5) is 0 Å². The fourth-order valence-corrected chi connectivity index (χ4v) is 2.26. The second-order valence-electron chi connectivity index (χ2n) is 4.34. The average Bonchev–Trinajstić information content (AvgIpc) is 2.93. The van der Waals surface area contributed by atoms with Crippen molar-refractivity contribution in [1.29, 1.82) is 0 Å². The lowest BCUT2D eigenvalue weighted by atomic mass is 10.1. The van der Waals surface area contributed by atoms with Gasteiger partial charge in [0.2, 0.25) is 0 Å². The van der Waals surface area contributed by atoms with E-state index >= 15 is 0 Å². The van der Waals surface area contributed by atoms with Crippen molar-refractivity contribution in [3.05, 3.63) is 53.3 Å². The quantitative estimate of drug-likeness (QED) is 0.550. The average molecular weight is 302 g/mol.